The van der Waals surface area contributed by atoms with Gasteiger partial charge >= 0.3 is 0 Å². The molecule has 1 aromatic heterocycles. The van der Waals surface area contributed by atoms with Gasteiger partial charge in [-0.25, -0.2) is 4.98 Å². The zero-order chi connectivity index (χ0) is 15.9. The lowest BCUT2D eigenvalue weighted by molar-refractivity contribution is -0.121. The second-order valence-electron chi connectivity index (χ2n) is 5.54. The number of thiazole rings is 1. The van der Waals surface area contributed by atoms with Crippen molar-refractivity contribution in [3.8, 4) is 16.3 Å². The molecular weight excluding hydrogens is 296 g/mol. The van der Waals surface area contributed by atoms with Gasteiger partial charge in [-0.1, -0.05) is 26.0 Å². The van der Waals surface area contributed by atoms with Crippen LogP contribution in [0.2, 0.25) is 0 Å². The standard InChI is InChI=1S/C17H22N2O2S/c1-12(2)10-18-16(20)9-8-13-11-22-17(19-13)14-6-4-5-7-15(14)21-3/h4-7,11-12H,8-10H2,1-3H3,(H,18,20). The molecule has 1 aromatic carbocycles. The highest BCUT2D eigenvalue weighted by atomic mass is 32.1. The Morgan fingerprint density at radius 2 is 2.14 bits per heavy atom. The van der Waals surface area contributed by atoms with Crippen LogP contribution in [0.5, 0.6) is 5.75 Å². The van der Waals surface area contributed by atoms with Crippen molar-refractivity contribution >= 4 is 17.2 Å². The number of nitrogens with one attached hydrogen (secondary N) is 1. The van der Waals surface area contributed by atoms with E-state index in [-0.39, 0.29) is 5.91 Å². The summed E-state index contributed by atoms with van der Waals surface area (Å²) in [6, 6.07) is 7.83. The highest BCUT2D eigenvalue weighted by Gasteiger charge is 2.10. The number of carbonyl (C=O) groups excluding carboxylic acids is 1. The first-order valence-electron chi connectivity index (χ1n) is 7.44. The molecule has 0 aliphatic carbocycles. The minimum atomic E-state index is 0.0838. The van der Waals surface area contributed by atoms with Crippen LogP contribution in [-0.4, -0.2) is 24.5 Å². The topological polar surface area (TPSA) is 51.2 Å². The summed E-state index contributed by atoms with van der Waals surface area (Å²) in [6.45, 7) is 4.89. The summed E-state index contributed by atoms with van der Waals surface area (Å²) in [5.41, 5.74) is 1.94. The van der Waals surface area contributed by atoms with E-state index in [4.69, 9.17) is 4.74 Å². The number of methoxy groups -OCH3 is 1. The molecule has 0 radical (unpaired) electrons. The SMILES string of the molecule is COc1ccccc1-c1nc(CCC(=O)NCC(C)C)cs1. The number of para-hydroxylation sites is 1. The Kier molecular flexibility index (Phi) is 5.95. The van der Waals surface area contributed by atoms with Gasteiger partial charge in [0.2, 0.25) is 5.91 Å². The molecule has 22 heavy (non-hydrogen) atoms. The van der Waals surface area contributed by atoms with Crippen LogP contribution in [0.1, 0.15) is 26.0 Å². The summed E-state index contributed by atoms with van der Waals surface area (Å²) >= 11 is 1.58. The van der Waals surface area contributed by atoms with E-state index in [0.717, 1.165) is 28.6 Å². The highest BCUT2D eigenvalue weighted by molar-refractivity contribution is 7.13. The Labute approximate surface area is 135 Å². The van der Waals surface area contributed by atoms with Crippen LogP contribution in [-0.2, 0) is 11.2 Å². The zero-order valence-electron chi connectivity index (χ0n) is 13.3. The van der Waals surface area contributed by atoms with E-state index in [1.807, 2.05) is 29.6 Å². The van der Waals surface area contributed by atoms with Crippen LogP contribution in [0.25, 0.3) is 10.6 Å². The molecule has 5 heteroatoms. The lowest BCUT2D eigenvalue weighted by atomic mass is 10.2. The highest BCUT2D eigenvalue weighted by Crippen LogP contribution is 2.31. The third-order valence-corrected chi connectivity index (χ3v) is 4.13. The summed E-state index contributed by atoms with van der Waals surface area (Å²) in [7, 11) is 1.66. The molecule has 0 unspecified atom stereocenters. The summed E-state index contributed by atoms with van der Waals surface area (Å²) in [5, 5.41) is 5.86. The number of benzene rings is 1. The molecule has 1 amide bonds. The van der Waals surface area contributed by atoms with E-state index in [1.54, 1.807) is 18.4 Å². The van der Waals surface area contributed by atoms with E-state index in [9.17, 15) is 4.79 Å². The second kappa shape index (κ2) is 7.94. The van der Waals surface area contributed by atoms with Gasteiger partial charge in [-0.2, -0.15) is 0 Å². The van der Waals surface area contributed by atoms with Gasteiger partial charge in [-0.15, -0.1) is 11.3 Å². The van der Waals surface area contributed by atoms with Crippen molar-refractivity contribution < 1.29 is 9.53 Å². The molecule has 0 saturated heterocycles. The predicted octanol–water partition coefficient (Wildman–Crippen LogP) is 3.52. The maximum Gasteiger partial charge on any atom is 0.220 e. The number of ether oxygens (including phenoxy) is 1. The van der Waals surface area contributed by atoms with E-state index in [2.05, 4.69) is 24.1 Å². The first-order valence-corrected chi connectivity index (χ1v) is 8.32. The van der Waals surface area contributed by atoms with Crippen molar-refractivity contribution in [3.05, 3.63) is 35.3 Å². The second-order valence-corrected chi connectivity index (χ2v) is 6.40. The normalized spacial score (nSPS) is 10.7. The molecule has 1 N–H and O–H groups in total. The van der Waals surface area contributed by atoms with Gasteiger partial charge < -0.3 is 10.1 Å². The zero-order valence-corrected chi connectivity index (χ0v) is 14.1. The Bertz CT molecular complexity index is 623. The van der Waals surface area contributed by atoms with Crippen molar-refractivity contribution in [2.24, 2.45) is 5.92 Å². The van der Waals surface area contributed by atoms with Gasteiger partial charge in [-0.05, 0) is 24.5 Å². The molecular formula is C17H22N2O2S. The van der Waals surface area contributed by atoms with Crippen LogP contribution in [0.15, 0.2) is 29.6 Å². The third-order valence-electron chi connectivity index (χ3n) is 3.20. The Morgan fingerprint density at radius 1 is 1.36 bits per heavy atom. The van der Waals surface area contributed by atoms with Crippen molar-refractivity contribution in [2.45, 2.75) is 26.7 Å². The minimum Gasteiger partial charge on any atom is -0.496 e. The Balaban J connectivity index is 1.96. The first kappa shape index (κ1) is 16.5. The van der Waals surface area contributed by atoms with Gasteiger partial charge in [0.1, 0.15) is 10.8 Å². The molecule has 2 aromatic rings. The van der Waals surface area contributed by atoms with Gasteiger partial charge in [0.15, 0.2) is 0 Å². The number of aryl methyl sites for hydroxylation is 1. The Morgan fingerprint density at radius 3 is 2.86 bits per heavy atom. The van der Waals surface area contributed by atoms with E-state index < -0.39 is 0 Å². The minimum absolute atomic E-state index is 0.0838. The van der Waals surface area contributed by atoms with Crippen LogP contribution in [0.3, 0.4) is 0 Å². The number of hydrogen-bond acceptors (Lipinski definition) is 4. The molecule has 2 rings (SSSR count). The number of rotatable bonds is 7. The maximum atomic E-state index is 11.7. The molecule has 4 nitrogen and oxygen atoms in total. The molecule has 1 heterocycles. The van der Waals surface area contributed by atoms with Gasteiger partial charge in [0.05, 0.1) is 18.4 Å². The molecule has 118 valence electrons. The van der Waals surface area contributed by atoms with Crippen molar-refractivity contribution in [1.29, 1.82) is 0 Å². The fourth-order valence-electron chi connectivity index (χ4n) is 2.01. The predicted molar refractivity (Wildman–Crippen MR) is 90.3 cm³/mol. The lowest BCUT2D eigenvalue weighted by Crippen LogP contribution is -2.27. The summed E-state index contributed by atoms with van der Waals surface area (Å²) < 4.78 is 5.36. The van der Waals surface area contributed by atoms with Crippen molar-refractivity contribution in [1.82, 2.24) is 10.3 Å². The van der Waals surface area contributed by atoms with E-state index in [1.165, 1.54) is 0 Å². The fraction of sp³-hybridized carbons (Fsp3) is 0.412. The number of amides is 1. The average Bonchev–Trinajstić information content (AvgIpc) is 2.99. The number of hydrogen-bond donors (Lipinski definition) is 1. The molecule has 0 aliphatic rings. The van der Waals surface area contributed by atoms with Crippen LogP contribution < -0.4 is 10.1 Å². The van der Waals surface area contributed by atoms with Crippen molar-refractivity contribution in [2.75, 3.05) is 13.7 Å². The molecule has 0 bridgehead atoms. The first-order chi connectivity index (χ1) is 10.6. The maximum absolute atomic E-state index is 11.7. The fourth-order valence-corrected chi connectivity index (χ4v) is 2.90. The van der Waals surface area contributed by atoms with Gasteiger partial charge in [-0.3, -0.25) is 4.79 Å². The average molecular weight is 318 g/mol. The summed E-state index contributed by atoms with van der Waals surface area (Å²) in [5.74, 6) is 1.37. The number of aromatic nitrogens is 1. The van der Waals surface area contributed by atoms with Crippen molar-refractivity contribution in [3.63, 3.8) is 0 Å². The number of carbonyl (C=O) groups is 1. The summed E-state index contributed by atoms with van der Waals surface area (Å²) in [4.78, 5) is 16.4. The molecule has 0 aliphatic heterocycles. The quantitative estimate of drug-likeness (QED) is 0.850. The summed E-state index contributed by atoms with van der Waals surface area (Å²) in [6.07, 6.45) is 1.14. The van der Waals surface area contributed by atoms with Crippen LogP contribution in [0, 0.1) is 5.92 Å². The molecule has 0 atom stereocenters. The van der Waals surface area contributed by atoms with Crippen LogP contribution >= 0.6 is 11.3 Å². The number of nitrogens with zero attached hydrogens (tertiary/aromatic N) is 1. The monoisotopic (exact) mass is 318 g/mol. The Hall–Kier alpha value is -1.88. The lowest BCUT2D eigenvalue weighted by Gasteiger charge is -2.06. The van der Waals surface area contributed by atoms with Gasteiger partial charge in [0, 0.05) is 18.3 Å². The van der Waals surface area contributed by atoms with Gasteiger partial charge in [0.25, 0.3) is 0 Å². The van der Waals surface area contributed by atoms with Crippen LogP contribution in [0.4, 0.5) is 0 Å². The largest absolute Gasteiger partial charge is 0.496 e. The molecule has 0 fully saturated rings. The van der Waals surface area contributed by atoms with E-state index in [0.29, 0.717) is 18.8 Å². The molecule has 0 spiro atoms. The molecule has 0 saturated carbocycles. The third kappa shape index (κ3) is 4.56. The smallest absolute Gasteiger partial charge is 0.220 e. The van der Waals surface area contributed by atoms with E-state index >= 15 is 0 Å².